The molecule has 0 spiro atoms. The molecule has 2 N–H and O–H groups in total. The third-order valence-electron chi connectivity index (χ3n) is 5.17. The fraction of sp³-hybridized carbons (Fsp3) is 0.824. The van der Waals surface area contributed by atoms with Crippen LogP contribution in [-0.2, 0) is 6.54 Å². The van der Waals surface area contributed by atoms with Gasteiger partial charge < -0.3 is 15.4 Å². The predicted octanol–water partition coefficient (Wildman–Crippen LogP) is 2.05. The third kappa shape index (κ3) is 7.22. The number of nitrogens with zero attached hydrogens (tertiary/aromatic N) is 6. The summed E-state index contributed by atoms with van der Waals surface area (Å²) in [5.74, 6) is -0.259. The Bertz CT molecular complexity index is 691. The maximum atomic E-state index is 11.4. The molecule has 0 aromatic carbocycles. The minimum Gasteiger partial charge on any atom is -0.390 e. The topological polar surface area (TPSA) is 147 Å². The summed E-state index contributed by atoms with van der Waals surface area (Å²) in [6.45, 7) is 10.8. The van der Waals surface area contributed by atoms with Crippen LogP contribution in [0.25, 0.3) is 0 Å². The molecule has 1 aromatic rings. The van der Waals surface area contributed by atoms with Gasteiger partial charge in [-0.15, -0.1) is 0 Å². The van der Waals surface area contributed by atoms with E-state index in [4.69, 9.17) is 0 Å². The largest absolute Gasteiger partial charge is 0.434 e. The molecule has 0 radical (unpaired) electrons. The normalized spacial score (nSPS) is 14.6. The number of nitrogens with one attached hydrogen (secondary N) is 2. The fourth-order valence-electron chi connectivity index (χ4n) is 2.90. The van der Waals surface area contributed by atoms with E-state index in [1.165, 1.54) is 17.0 Å². The maximum Gasteiger partial charge on any atom is 0.434 e. The average molecular weight is 412 g/mol. The zero-order chi connectivity index (χ0) is 22.2. The van der Waals surface area contributed by atoms with Gasteiger partial charge in [0.2, 0.25) is 0 Å². The third-order valence-corrected chi connectivity index (χ3v) is 5.17. The molecule has 0 aliphatic carbocycles. The molecule has 1 heterocycles. The van der Waals surface area contributed by atoms with Crippen molar-refractivity contribution < 1.29 is 4.92 Å². The van der Waals surface area contributed by atoms with E-state index in [1.54, 1.807) is 6.92 Å². The predicted molar refractivity (Wildman–Crippen MR) is 110 cm³/mol. The summed E-state index contributed by atoms with van der Waals surface area (Å²) < 4.78 is 1.40. The lowest BCUT2D eigenvalue weighted by atomic mass is 9.93. The highest BCUT2D eigenvalue weighted by Gasteiger charge is 2.33. The van der Waals surface area contributed by atoms with E-state index in [-0.39, 0.29) is 18.5 Å². The van der Waals surface area contributed by atoms with Crippen molar-refractivity contribution in [2.45, 2.75) is 70.7 Å². The van der Waals surface area contributed by atoms with Crippen LogP contribution in [0.3, 0.4) is 0 Å². The van der Waals surface area contributed by atoms with Crippen LogP contribution < -0.4 is 10.7 Å². The van der Waals surface area contributed by atoms with E-state index >= 15 is 0 Å². The van der Waals surface area contributed by atoms with Gasteiger partial charge in [-0.05, 0) is 39.5 Å². The highest BCUT2D eigenvalue weighted by Crippen LogP contribution is 2.19. The Hall–Kier alpha value is -2.31. The molecule has 1 aromatic heterocycles. The van der Waals surface area contributed by atoms with Crippen molar-refractivity contribution in [2.24, 2.45) is 10.4 Å². The summed E-state index contributed by atoms with van der Waals surface area (Å²) in [6.07, 6.45) is 3.19. The zero-order valence-electron chi connectivity index (χ0n) is 18.0. The van der Waals surface area contributed by atoms with Crippen molar-refractivity contribution in [3.63, 3.8) is 0 Å². The number of aryl methyl sites for hydroxylation is 1. The Labute approximate surface area is 170 Å². The van der Waals surface area contributed by atoms with Gasteiger partial charge in [0.05, 0.1) is 12.1 Å². The molecule has 0 amide bonds. The summed E-state index contributed by atoms with van der Waals surface area (Å²) >= 11 is 0. The first-order valence-corrected chi connectivity index (χ1v) is 9.49. The lowest BCUT2D eigenvalue weighted by Crippen LogP contribution is -2.57. The molecule has 12 heteroatoms. The van der Waals surface area contributed by atoms with Gasteiger partial charge in [-0.3, -0.25) is 0 Å². The minimum absolute atomic E-state index is 0.258. The van der Waals surface area contributed by atoms with E-state index in [9.17, 15) is 19.9 Å². The van der Waals surface area contributed by atoms with Crippen LogP contribution in [0.5, 0.6) is 0 Å². The molecule has 164 valence electrons. The lowest BCUT2D eigenvalue weighted by molar-refractivity contribution is -0.396. The van der Waals surface area contributed by atoms with Crippen LogP contribution in [-0.4, -0.2) is 62.8 Å². The van der Waals surface area contributed by atoms with Crippen LogP contribution in [0, 0.1) is 19.9 Å². The summed E-state index contributed by atoms with van der Waals surface area (Å²) in [5, 5.41) is 22.4. The number of rotatable bonds is 14. The Morgan fingerprint density at radius 2 is 1.93 bits per heavy atom. The average Bonchev–Trinajstić information content (AvgIpc) is 3.09. The van der Waals surface area contributed by atoms with E-state index in [0.29, 0.717) is 19.5 Å². The van der Waals surface area contributed by atoms with Crippen LogP contribution >= 0.6 is 0 Å². The fourth-order valence-corrected chi connectivity index (χ4v) is 2.90. The number of imidazole rings is 1. The van der Waals surface area contributed by atoms with Crippen LogP contribution in [0.15, 0.2) is 22.7 Å². The summed E-state index contributed by atoms with van der Waals surface area (Å²) in [5.41, 5.74) is 2.17. The number of nitro groups is 1. The van der Waals surface area contributed by atoms with Gasteiger partial charge in [0.25, 0.3) is 0 Å². The second kappa shape index (κ2) is 10.5. The molecule has 29 heavy (non-hydrogen) atoms. The number of hydrogen-bond acceptors (Lipinski definition) is 10. The molecule has 1 rings (SSSR count). The molecular weight excluding hydrogens is 380 g/mol. The molecule has 0 saturated carbocycles. The Morgan fingerprint density at radius 3 is 2.48 bits per heavy atom. The number of hydrazine groups is 1. The second-order valence-corrected chi connectivity index (χ2v) is 8.27. The van der Waals surface area contributed by atoms with Crippen molar-refractivity contribution in [2.75, 3.05) is 20.1 Å². The van der Waals surface area contributed by atoms with Crippen molar-refractivity contribution in [1.82, 2.24) is 25.3 Å². The Morgan fingerprint density at radius 1 is 1.28 bits per heavy atom. The van der Waals surface area contributed by atoms with E-state index in [0.717, 1.165) is 0 Å². The Kier molecular flexibility index (Phi) is 8.92. The van der Waals surface area contributed by atoms with Crippen LogP contribution in [0.4, 0.5) is 5.95 Å². The first-order valence-electron chi connectivity index (χ1n) is 9.49. The summed E-state index contributed by atoms with van der Waals surface area (Å²) in [7, 11) is 1.85. The van der Waals surface area contributed by atoms with Gasteiger partial charge in [0, 0.05) is 32.1 Å². The van der Waals surface area contributed by atoms with Gasteiger partial charge >= 0.3 is 5.95 Å². The van der Waals surface area contributed by atoms with Crippen molar-refractivity contribution in [3.05, 3.63) is 32.3 Å². The van der Waals surface area contributed by atoms with Gasteiger partial charge in [-0.25, -0.2) is 15.0 Å². The molecule has 0 bridgehead atoms. The first kappa shape index (κ1) is 24.7. The van der Waals surface area contributed by atoms with Crippen molar-refractivity contribution in [3.8, 4) is 0 Å². The molecule has 0 aliphatic heterocycles. The maximum absolute atomic E-state index is 11.4. The van der Waals surface area contributed by atoms with Crippen LogP contribution in [0.2, 0.25) is 0 Å². The smallest absolute Gasteiger partial charge is 0.390 e. The highest BCUT2D eigenvalue weighted by molar-refractivity contribution is 5.06. The Balaban J connectivity index is 2.59. The lowest BCUT2D eigenvalue weighted by Gasteiger charge is -2.36. The SMILES string of the molecule is CC(N=O)C(C)(C)NCCN(C)NC(C)(C)C(CCn1ccnc1[N+](=O)[O-])N=O. The van der Waals surface area contributed by atoms with Crippen LogP contribution in [0.1, 0.15) is 41.0 Å². The minimum atomic E-state index is -0.668. The number of nitroso groups, excluding NO2 is 2. The van der Waals surface area contributed by atoms with Gasteiger partial charge in [-0.1, -0.05) is 15.3 Å². The number of hydrogen-bond donors (Lipinski definition) is 2. The molecule has 12 nitrogen and oxygen atoms in total. The molecular formula is C17H32N8O4. The van der Waals surface area contributed by atoms with Gasteiger partial charge in [0.1, 0.15) is 24.5 Å². The molecule has 0 fully saturated rings. The van der Waals surface area contributed by atoms with E-state index in [1.807, 2.05) is 39.8 Å². The number of aromatic nitrogens is 2. The monoisotopic (exact) mass is 412 g/mol. The summed E-state index contributed by atoms with van der Waals surface area (Å²) in [4.78, 5) is 36.3. The van der Waals surface area contributed by atoms with E-state index in [2.05, 4.69) is 26.1 Å². The highest BCUT2D eigenvalue weighted by atomic mass is 16.6. The first-order chi connectivity index (χ1) is 13.4. The summed E-state index contributed by atoms with van der Waals surface area (Å²) in [6, 6.07) is -0.983. The molecule has 2 atom stereocenters. The standard InChI is InChI=1S/C17H32N8O4/c1-13(20-26)16(2,3)19-9-11-23(6)22-17(4,5)14(21-27)7-10-24-12-8-18-15(24)25(28)29/h8,12-14,19,22H,7,9-11H2,1-6H3. The molecule has 0 aliphatic rings. The second-order valence-electron chi connectivity index (χ2n) is 8.27. The van der Waals surface area contributed by atoms with Gasteiger partial charge in [-0.2, -0.15) is 9.81 Å². The quantitative estimate of drug-likeness (QED) is 0.268. The zero-order valence-corrected chi connectivity index (χ0v) is 18.0. The molecule has 2 unspecified atom stereocenters. The van der Waals surface area contributed by atoms with E-state index < -0.39 is 22.0 Å². The molecule has 0 saturated heterocycles. The van der Waals surface area contributed by atoms with Crippen molar-refractivity contribution in [1.29, 1.82) is 0 Å². The van der Waals surface area contributed by atoms with Gasteiger partial charge in [0.15, 0.2) is 0 Å². The number of likely N-dealkylation sites (N-methyl/N-ethyl adjacent to an activating group) is 1. The van der Waals surface area contributed by atoms with Crippen molar-refractivity contribution >= 4 is 5.95 Å².